The Balaban J connectivity index is 1.59. The van der Waals surface area contributed by atoms with Gasteiger partial charge in [0.05, 0.1) is 24.1 Å². The van der Waals surface area contributed by atoms with Gasteiger partial charge in [-0.15, -0.1) is 11.3 Å². The molecule has 0 unspecified atom stereocenters. The third-order valence-electron chi connectivity index (χ3n) is 3.92. The van der Waals surface area contributed by atoms with Crippen LogP contribution in [0.15, 0.2) is 11.4 Å². The van der Waals surface area contributed by atoms with Gasteiger partial charge in [-0.2, -0.15) is 5.26 Å². The van der Waals surface area contributed by atoms with Gasteiger partial charge in [-0.05, 0) is 38.2 Å². The van der Waals surface area contributed by atoms with Gasteiger partial charge in [0.25, 0.3) is 0 Å². The molecule has 2 heterocycles. The van der Waals surface area contributed by atoms with E-state index in [1.54, 1.807) is 6.92 Å². The molecule has 2 N–H and O–H groups in total. The summed E-state index contributed by atoms with van der Waals surface area (Å²) in [5.74, 6) is -0.554. The van der Waals surface area contributed by atoms with E-state index in [-0.39, 0.29) is 24.0 Å². The molecular weight excluding hydrogens is 372 g/mol. The summed E-state index contributed by atoms with van der Waals surface area (Å²) in [5.41, 5.74) is 1.95. The maximum atomic E-state index is 12.2. The minimum Gasteiger partial charge on any atom is -0.461 e. The highest BCUT2D eigenvalue weighted by Gasteiger charge is 2.22. The lowest BCUT2D eigenvalue weighted by atomic mass is 9.96. The monoisotopic (exact) mass is 390 g/mol. The number of amides is 1. The number of thioether (sulfide) groups is 1. The number of aromatic nitrogens is 2. The maximum Gasteiger partial charge on any atom is 0.356 e. The highest BCUT2D eigenvalue weighted by Crippen LogP contribution is 2.37. The number of nitrogens with zero attached hydrogens (tertiary/aromatic N) is 2. The predicted octanol–water partition coefficient (Wildman–Crippen LogP) is 3.13. The van der Waals surface area contributed by atoms with Crippen LogP contribution in [0.2, 0.25) is 0 Å². The Morgan fingerprint density at radius 1 is 1.46 bits per heavy atom. The van der Waals surface area contributed by atoms with Gasteiger partial charge in [0.1, 0.15) is 16.8 Å². The number of fused-ring (bicyclic) bond motifs is 1. The number of hydrogen-bond acceptors (Lipinski definition) is 7. The lowest BCUT2D eigenvalue weighted by Gasteiger charge is -2.09. The van der Waals surface area contributed by atoms with Gasteiger partial charge in [-0.25, -0.2) is 9.78 Å². The van der Waals surface area contributed by atoms with Crippen LogP contribution in [0.25, 0.3) is 0 Å². The van der Waals surface area contributed by atoms with Gasteiger partial charge < -0.3 is 15.0 Å². The predicted molar refractivity (Wildman–Crippen MR) is 99.6 cm³/mol. The molecule has 0 bridgehead atoms. The normalized spacial score (nSPS) is 12.9. The van der Waals surface area contributed by atoms with Crippen molar-refractivity contribution in [2.24, 2.45) is 0 Å². The Bertz CT molecular complexity index is 866. The summed E-state index contributed by atoms with van der Waals surface area (Å²) >= 11 is 2.69. The Hall–Kier alpha value is -2.31. The number of rotatable bonds is 6. The molecule has 0 saturated heterocycles. The molecule has 0 atom stereocenters. The Morgan fingerprint density at radius 2 is 2.27 bits per heavy atom. The molecule has 0 radical (unpaired) electrons. The Labute approximate surface area is 159 Å². The smallest absolute Gasteiger partial charge is 0.356 e. The first-order chi connectivity index (χ1) is 12.6. The molecule has 2 aromatic rings. The number of carbonyl (C=O) groups excluding carboxylic acids is 2. The molecule has 26 heavy (non-hydrogen) atoms. The molecule has 7 nitrogen and oxygen atoms in total. The molecule has 136 valence electrons. The summed E-state index contributed by atoms with van der Waals surface area (Å²) in [4.78, 5) is 31.9. The number of nitriles is 1. The van der Waals surface area contributed by atoms with Crippen LogP contribution in [0.3, 0.4) is 0 Å². The standard InChI is InChI=1S/C17H18N4O3S2/c1-2-24-16(23)12-8-19-17(20-12)25-9-14(22)21-15-11(7-18)10-5-3-4-6-13(10)26-15/h8H,2-6,9H2,1H3,(H,19,20)(H,21,22). The van der Waals surface area contributed by atoms with Crippen LogP contribution >= 0.6 is 23.1 Å². The number of aryl methyl sites for hydroxylation is 1. The summed E-state index contributed by atoms with van der Waals surface area (Å²) in [6.07, 6.45) is 5.48. The summed E-state index contributed by atoms with van der Waals surface area (Å²) in [6.45, 7) is 2.01. The molecule has 0 spiro atoms. The van der Waals surface area contributed by atoms with Crippen LogP contribution in [-0.4, -0.2) is 34.2 Å². The third kappa shape index (κ3) is 4.08. The van der Waals surface area contributed by atoms with E-state index in [0.717, 1.165) is 31.2 Å². The molecular formula is C17H18N4O3S2. The first-order valence-corrected chi connectivity index (χ1v) is 10.1. The average molecular weight is 390 g/mol. The molecule has 1 amide bonds. The molecule has 0 saturated carbocycles. The van der Waals surface area contributed by atoms with Crippen molar-refractivity contribution in [3.63, 3.8) is 0 Å². The highest BCUT2D eigenvalue weighted by molar-refractivity contribution is 7.99. The molecule has 3 rings (SSSR count). The van der Waals surface area contributed by atoms with Crippen LogP contribution in [-0.2, 0) is 22.4 Å². The topological polar surface area (TPSA) is 108 Å². The van der Waals surface area contributed by atoms with E-state index in [4.69, 9.17) is 4.74 Å². The van der Waals surface area contributed by atoms with E-state index in [1.165, 1.54) is 34.2 Å². The zero-order valence-electron chi connectivity index (χ0n) is 14.3. The second-order valence-corrected chi connectivity index (χ2v) is 7.76. The minimum atomic E-state index is -0.473. The van der Waals surface area contributed by atoms with Crippen molar-refractivity contribution >= 4 is 40.0 Å². The number of H-pyrrole nitrogens is 1. The van der Waals surface area contributed by atoms with Crippen LogP contribution in [0.1, 0.15) is 46.3 Å². The summed E-state index contributed by atoms with van der Waals surface area (Å²) in [7, 11) is 0. The first-order valence-electron chi connectivity index (χ1n) is 8.31. The fourth-order valence-corrected chi connectivity index (χ4v) is 4.66. The van der Waals surface area contributed by atoms with Crippen molar-refractivity contribution in [2.75, 3.05) is 17.7 Å². The molecule has 9 heteroatoms. The van der Waals surface area contributed by atoms with Crippen LogP contribution in [0.5, 0.6) is 0 Å². The first kappa shape index (κ1) is 18.5. The van der Waals surface area contributed by atoms with Crippen molar-refractivity contribution in [3.05, 3.63) is 27.9 Å². The van der Waals surface area contributed by atoms with Crippen molar-refractivity contribution in [3.8, 4) is 6.07 Å². The summed E-state index contributed by atoms with van der Waals surface area (Å²) in [6, 6.07) is 2.23. The van der Waals surface area contributed by atoms with Crippen molar-refractivity contribution < 1.29 is 14.3 Å². The van der Waals surface area contributed by atoms with Crippen LogP contribution < -0.4 is 5.32 Å². The van der Waals surface area contributed by atoms with E-state index >= 15 is 0 Å². The second kappa shape index (κ2) is 8.38. The largest absolute Gasteiger partial charge is 0.461 e. The number of esters is 1. The van der Waals surface area contributed by atoms with Crippen molar-refractivity contribution in [1.29, 1.82) is 5.26 Å². The van der Waals surface area contributed by atoms with E-state index < -0.39 is 5.97 Å². The second-order valence-electron chi connectivity index (χ2n) is 5.69. The van der Waals surface area contributed by atoms with Crippen LogP contribution in [0.4, 0.5) is 5.00 Å². The van der Waals surface area contributed by atoms with Gasteiger partial charge >= 0.3 is 5.97 Å². The number of hydrogen-bond donors (Lipinski definition) is 2. The molecule has 0 aliphatic heterocycles. The molecule has 1 aliphatic rings. The number of carbonyl (C=O) groups is 2. The molecule has 2 aromatic heterocycles. The van der Waals surface area contributed by atoms with Crippen LogP contribution in [0, 0.1) is 11.3 Å². The van der Waals surface area contributed by atoms with E-state index in [1.807, 2.05) is 0 Å². The zero-order chi connectivity index (χ0) is 18.5. The number of aromatic amines is 1. The van der Waals surface area contributed by atoms with Crippen molar-refractivity contribution in [2.45, 2.75) is 37.8 Å². The van der Waals surface area contributed by atoms with Gasteiger partial charge in [-0.1, -0.05) is 11.8 Å². The lowest BCUT2D eigenvalue weighted by Crippen LogP contribution is -2.14. The van der Waals surface area contributed by atoms with Crippen molar-refractivity contribution in [1.82, 2.24) is 9.97 Å². The molecule has 0 fully saturated rings. The van der Waals surface area contributed by atoms with Gasteiger partial charge in [0.2, 0.25) is 5.91 Å². The average Bonchev–Trinajstić information content (AvgIpc) is 3.24. The maximum absolute atomic E-state index is 12.2. The number of thiophene rings is 1. The summed E-state index contributed by atoms with van der Waals surface area (Å²) < 4.78 is 4.88. The summed E-state index contributed by atoms with van der Waals surface area (Å²) in [5, 5.41) is 13.4. The van der Waals surface area contributed by atoms with E-state index in [0.29, 0.717) is 15.7 Å². The van der Waals surface area contributed by atoms with E-state index in [2.05, 4.69) is 21.4 Å². The number of ether oxygens (including phenoxy) is 1. The van der Waals surface area contributed by atoms with Gasteiger partial charge in [0.15, 0.2) is 5.16 Å². The fourth-order valence-electron chi connectivity index (χ4n) is 2.76. The molecule has 0 aromatic carbocycles. The number of anilines is 1. The third-order valence-corrected chi connectivity index (χ3v) is 6.02. The highest BCUT2D eigenvalue weighted by atomic mass is 32.2. The lowest BCUT2D eigenvalue weighted by molar-refractivity contribution is -0.113. The van der Waals surface area contributed by atoms with Gasteiger partial charge in [0, 0.05) is 4.88 Å². The number of nitrogens with one attached hydrogen (secondary N) is 2. The number of imidazole rings is 1. The van der Waals surface area contributed by atoms with Gasteiger partial charge in [-0.3, -0.25) is 4.79 Å². The quantitative estimate of drug-likeness (QED) is 0.579. The molecule has 1 aliphatic carbocycles. The minimum absolute atomic E-state index is 0.128. The Morgan fingerprint density at radius 3 is 3.04 bits per heavy atom. The fraction of sp³-hybridized carbons (Fsp3) is 0.412. The Kier molecular flexibility index (Phi) is 5.96. The zero-order valence-corrected chi connectivity index (χ0v) is 15.9. The SMILES string of the molecule is CCOC(=O)c1cnc(SCC(=O)Nc2sc3c(c2C#N)CCCC3)[nH]1. The van der Waals surface area contributed by atoms with E-state index in [9.17, 15) is 14.9 Å².